The van der Waals surface area contributed by atoms with Crippen molar-refractivity contribution >= 4 is 40.3 Å². The number of aryl methyl sites for hydroxylation is 1. The Kier molecular flexibility index (Phi) is 7.51. The van der Waals surface area contributed by atoms with Gasteiger partial charge in [-0.05, 0) is 48.6 Å². The highest BCUT2D eigenvalue weighted by Crippen LogP contribution is 2.39. The van der Waals surface area contributed by atoms with Gasteiger partial charge in [0.2, 0.25) is 0 Å². The Morgan fingerprint density at radius 3 is 2.74 bits per heavy atom. The highest BCUT2D eigenvalue weighted by atomic mass is 32.1. The summed E-state index contributed by atoms with van der Waals surface area (Å²) < 4.78 is 24.2. The standard InChI is InChI=1S/C25H22FN3O5S/c1-33-25(32)21-18-9-5-11-20(18)35-24(21)28-22(30)23(31)29-27-13-15-6-4-8-17(12-15)34-14-16-7-2-3-10-19(16)26/h2-4,6-8,10,12-13H,5,9,11,14H2,1H3,(H,28,30)(H,29,31). The van der Waals surface area contributed by atoms with E-state index in [0.29, 0.717) is 27.4 Å². The Balaban J connectivity index is 1.34. The Labute approximate surface area is 204 Å². The van der Waals surface area contributed by atoms with Crippen molar-refractivity contribution in [1.82, 2.24) is 5.43 Å². The minimum Gasteiger partial charge on any atom is -0.489 e. The number of nitrogens with zero attached hydrogens (tertiary/aromatic N) is 1. The Hall–Kier alpha value is -4.05. The molecule has 35 heavy (non-hydrogen) atoms. The summed E-state index contributed by atoms with van der Waals surface area (Å²) in [7, 11) is 1.27. The predicted octanol–water partition coefficient (Wildman–Crippen LogP) is 3.83. The number of esters is 1. The molecule has 0 saturated carbocycles. The molecule has 1 aliphatic rings. The van der Waals surface area contributed by atoms with E-state index in [1.807, 2.05) is 0 Å². The lowest BCUT2D eigenvalue weighted by molar-refractivity contribution is -0.136. The van der Waals surface area contributed by atoms with E-state index in [0.717, 1.165) is 29.7 Å². The molecule has 10 heteroatoms. The second-order valence-corrected chi connectivity index (χ2v) is 8.76. The fourth-order valence-electron chi connectivity index (χ4n) is 3.65. The lowest BCUT2D eigenvalue weighted by atomic mass is 10.1. The molecule has 0 atom stereocenters. The second-order valence-electron chi connectivity index (χ2n) is 7.66. The minimum absolute atomic E-state index is 0.0594. The SMILES string of the molecule is COC(=O)c1c(NC(=O)C(=O)NN=Cc2cccc(OCc3ccccc3F)c2)sc2c1CCC2. The van der Waals surface area contributed by atoms with Crippen LogP contribution in [0.2, 0.25) is 0 Å². The first-order valence-electron chi connectivity index (χ1n) is 10.8. The highest BCUT2D eigenvalue weighted by molar-refractivity contribution is 7.17. The van der Waals surface area contributed by atoms with Gasteiger partial charge in [-0.1, -0.05) is 30.3 Å². The summed E-state index contributed by atoms with van der Waals surface area (Å²) in [5, 5.41) is 6.60. The fraction of sp³-hybridized carbons (Fsp3) is 0.200. The van der Waals surface area contributed by atoms with Crippen LogP contribution in [0.1, 0.15) is 38.3 Å². The van der Waals surface area contributed by atoms with Gasteiger partial charge in [0, 0.05) is 10.4 Å². The summed E-state index contributed by atoms with van der Waals surface area (Å²) in [6, 6.07) is 13.1. The van der Waals surface area contributed by atoms with Crippen LogP contribution in [0.5, 0.6) is 5.75 Å². The van der Waals surface area contributed by atoms with Gasteiger partial charge in [-0.25, -0.2) is 14.6 Å². The van der Waals surface area contributed by atoms with Crippen molar-refractivity contribution in [3.8, 4) is 5.75 Å². The molecular weight excluding hydrogens is 473 g/mol. The summed E-state index contributed by atoms with van der Waals surface area (Å²) >= 11 is 1.28. The highest BCUT2D eigenvalue weighted by Gasteiger charge is 2.29. The lowest BCUT2D eigenvalue weighted by Gasteiger charge is -2.07. The number of hydrogen-bond acceptors (Lipinski definition) is 7. The number of anilines is 1. The van der Waals surface area contributed by atoms with Crippen LogP contribution in [-0.2, 0) is 33.8 Å². The number of rotatable bonds is 7. The van der Waals surface area contributed by atoms with Crippen molar-refractivity contribution in [2.24, 2.45) is 5.10 Å². The minimum atomic E-state index is -0.988. The molecule has 2 amide bonds. The van der Waals surface area contributed by atoms with Crippen LogP contribution in [-0.4, -0.2) is 31.1 Å². The first-order chi connectivity index (χ1) is 17.0. The number of carbonyl (C=O) groups is 3. The number of benzene rings is 2. The van der Waals surface area contributed by atoms with Crippen LogP contribution in [0.3, 0.4) is 0 Å². The average Bonchev–Trinajstić information content (AvgIpc) is 3.44. The van der Waals surface area contributed by atoms with Gasteiger partial charge >= 0.3 is 17.8 Å². The summed E-state index contributed by atoms with van der Waals surface area (Å²) in [6.45, 7) is 0.0594. The second kappa shape index (κ2) is 10.9. The summed E-state index contributed by atoms with van der Waals surface area (Å²) in [5.41, 5.74) is 4.36. The van der Waals surface area contributed by atoms with Gasteiger partial charge in [0.15, 0.2) is 0 Å². The molecule has 1 aliphatic carbocycles. The third-order valence-electron chi connectivity index (χ3n) is 5.33. The number of halogens is 1. The molecule has 0 spiro atoms. The molecule has 2 N–H and O–H groups in total. The topological polar surface area (TPSA) is 106 Å². The molecule has 0 fully saturated rings. The van der Waals surface area contributed by atoms with E-state index in [4.69, 9.17) is 9.47 Å². The first-order valence-corrected chi connectivity index (χ1v) is 11.6. The molecule has 0 aliphatic heterocycles. The lowest BCUT2D eigenvalue weighted by Crippen LogP contribution is -2.32. The maximum atomic E-state index is 13.7. The van der Waals surface area contributed by atoms with Crippen molar-refractivity contribution in [2.75, 3.05) is 12.4 Å². The molecule has 3 aromatic rings. The maximum Gasteiger partial charge on any atom is 0.341 e. The Morgan fingerprint density at radius 2 is 1.94 bits per heavy atom. The molecule has 1 aromatic heterocycles. The maximum absolute atomic E-state index is 13.7. The van der Waals surface area contributed by atoms with Gasteiger partial charge in [0.05, 0.1) is 18.9 Å². The zero-order chi connectivity index (χ0) is 24.8. The molecule has 0 bridgehead atoms. The first kappa shape index (κ1) is 24.1. The van der Waals surface area contributed by atoms with E-state index in [9.17, 15) is 18.8 Å². The molecule has 2 aromatic carbocycles. The van der Waals surface area contributed by atoms with E-state index in [-0.39, 0.29) is 12.4 Å². The van der Waals surface area contributed by atoms with Gasteiger partial charge in [-0.2, -0.15) is 5.10 Å². The zero-order valence-corrected chi connectivity index (χ0v) is 19.6. The average molecular weight is 496 g/mol. The normalized spacial score (nSPS) is 12.3. The van der Waals surface area contributed by atoms with Gasteiger partial charge in [-0.15, -0.1) is 11.3 Å². The Morgan fingerprint density at radius 1 is 1.11 bits per heavy atom. The fourth-order valence-corrected chi connectivity index (χ4v) is 4.92. The third kappa shape index (κ3) is 5.72. The van der Waals surface area contributed by atoms with E-state index >= 15 is 0 Å². The molecule has 180 valence electrons. The monoisotopic (exact) mass is 495 g/mol. The van der Waals surface area contributed by atoms with Crippen LogP contribution < -0.4 is 15.5 Å². The molecule has 0 saturated heterocycles. The molecule has 0 radical (unpaired) electrons. The largest absolute Gasteiger partial charge is 0.489 e. The van der Waals surface area contributed by atoms with Gasteiger partial charge in [0.1, 0.15) is 23.2 Å². The predicted molar refractivity (Wildman–Crippen MR) is 129 cm³/mol. The number of thiophene rings is 1. The number of hydrogen-bond donors (Lipinski definition) is 2. The van der Waals surface area contributed by atoms with Crippen LogP contribution >= 0.6 is 11.3 Å². The number of methoxy groups -OCH3 is 1. The van der Waals surface area contributed by atoms with E-state index < -0.39 is 17.8 Å². The molecule has 4 rings (SSSR count). The summed E-state index contributed by atoms with van der Waals surface area (Å²) in [4.78, 5) is 37.8. The van der Waals surface area contributed by atoms with Crippen LogP contribution in [0.15, 0.2) is 53.6 Å². The summed E-state index contributed by atoms with van der Waals surface area (Å²) in [6.07, 6.45) is 3.83. The van der Waals surface area contributed by atoms with E-state index in [1.165, 1.54) is 30.7 Å². The molecule has 8 nitrogen and oxygen atoms in total. The molecule has 1 heterocycles. The van der Waals surface area contributed by atoms with Crippen molar-refractivity contribution < 1.29 is 28.2 Å². The van der Waals surface area contributed by atoms with Crippen LogP contribution in [0, 0.1) is 5.82 Å². The Bertz CT molecular complexity index is 1300. The van der Waals surface area contributed by atoms with Crippen molar-refractivity contribution in [1.29, 1.82) is 0 Å². The zero-order valence-electron chi connectivity index (χ0n) is 18.8. The van der Waals surface area contributed by atoms with Crippen LogP contribution in [0.25, 0.3) is 0 Å². The van der Waals surface area contributed by atoms with Gasteiger partial charge in [-0.3, -0.25) is 9.59 Å². The number of hydrazone groups is 1. The molecule has 0 unspecified atom stereocenters. The van der Waals surface area contributed by atoms with E-state index in [2.05, 4.69) is 15.8 Å². The number of fused-ring (bicyclic) bond motifs is 1. The van der Waals surface area contributed by atoms with Crippen molar-refractivity contribution in [3.05, 3.63) is 81.5 Å². The van der Waals surface area contributed by atoms with Gasteiger partial charge in [0.25, 0.3) is 0 Å². The summed E-state index contributed by atoms with van der Waals surface area (Å²) in [5.74, 6) is -2.35. The molecular formula is C25H22FN3O5S. The van der Waals surface area contributed by atoms with Crippen molar-refractivity contribution in [3.63, 3.8) is 0 Å². The third-order valence-corrected chi connectivity index (χ3v) is 6.54. The number of amides is 2. The van der Waals surface area contributed by atoms with Crippen LogP contribution in [0.4, 0.5) is 9.39 Å². The number of ether oxygens (including phenoxy) is 2. The number of nitrogens with one attached hydrogen (secondary N) is 2. The van der Waals surface area contributed by atoms with Gasteiger partial charge < -0.3 is 14.8 Å². The van der Waals surface area contributed by atoms with Crippen molar-refractivity contribution in [2.45, 2.75) is 25.9 Å². The number of carbonyl (C=O) groups excluding carboxylic acids is 3. The van der Waals surface area contributed by atoms with E-state index in [1.54, 1.807) is 42.5 Å². The quantitative estimate of drug-likeness (QED) is 0.224. The smallest absolute Gasteiger partial charge is 0.341 e.